The number of nitrogens with zero attached hydrogens (tertiary/aromatic N) is 2. The van der Waals surface area contributed by atoms with Crippen molar-refractivity contribution in [2.24, 2.45) is 5.10 Å². The van der Waals surface area contributed by atoms with Crippen LogP contribution in [0.3, 0.4) is 0 Å². The van der Waals surface area contributed by atoms with Crippen LogP contribution in [-0.2, 0) is 21.2 Å². The molecule has 1 N–H and O–H groups in total. The van der Waals surface area contributed by atoms with Gasteiger partial charge in [0.25, 0.3) is 5.91 Å². The van der Waals surface area contributed by atoms with Crippen LogP contribution in [0.1, 0.15) is 23.6 Å². The molecule has 7 heteroatoms. The van der Waals surface area contributed by atoms with Gasteiger partial charge in [-0.1, -0.05) is 48.9 Å². The first kappa shape index (κ1) is 19.8. The molecule has 0 aromatic heterocycles. The Kier molecular flexibility index (Phi) is 6.65. The third-order valence-electron chi connectivity index (χ3n) is 3.89. The summed E-state index contributed by atoms with van der Waals surface area (Å²) < 4.78 is 25.9. The molecule has 0 heterocycles. The highest BCUT2D eigenvalue weighted by Crippen LogP contribution is 2.14. The molecule has 1 amide bonds. The van der Waals surface area contributed by atoms with Crippen LogP contribution >= 0.6 is 0 Å². The van der Waals surface area contributed by atoms with Gasteiger partial charge in [0.15, 0.2) is 0 Å². The van der Waals surface area contributed by atoms with Crippen LogP contribution in [0.5, 0.6) is 0 Å². The van der Waals surface area contributed by atoms with Crippen molar-refractivity contribution in [2.75, 3.05) is 13.6 Å². The van der Waals surface area contributed by atoms with Gasteiger partial charge in [-0.3, -0.25) is 4.79 Å². The van der Waals surface area contributed by atoms with Crippen molar-refractivity contribution in [1.82, 2.24) is 9.73 Å². The van der Waals surface area contributed by atoms with Gasteiger partial charge in [0.1, 0.15) is 0 Å². The van der Waals surface area contributed by atoms with E-state index >= 15 is 0 Å². The maximum absolute atomic E-state index is 12.4. The zero-order chi connectivity index (χ0) is 19.2. The summed E-state index contributed by atoms with van der Waals surface area (Å²) in [5.41, 5.74) is 5.38. The van der Waals surface area contributed by atoms with Gasteiger partial charge >= 0.3 is 0 Å². The smallest absolute Gasteiger partial charge is 0.255 e. The zero-order valence-electron chi connectivity index (χ0n) is 15.1. The number of likely N-dealkylation sites (N-methyl/N-ethyl adjacent to an activating group) is 1. The SMILES string of the molecule is CCc1ccc(/C=N\NC(=O)CN(C)S(=O)(=O)c2ccc(C)cc2)cc1. The number of hydrogen-bond acceptors (Lipinski definition) is 4. The molecule has 0 aliphatic carbocycles. The first-order valence-electron chi connectivity index (χ1n) is 8.27. The van der Waals surface area contributed by atoms with Gasteiger partial charge < -0.3 is 0 Å². The highest BCUT2D eigenvalue weighted by molar-refractivity contribution is 7.89. The number of benzene rings is 2. The number of hydrogen-bond donors (Lipinski definition) is 1. The topological polar surface area (TPSA) is 78.8 Å². The number of sulfonamides is 1. The lowest BCUT2D eigenvalue weighted by Gasteiger charge is -2.16. The number of rotatable bonds is 7. The Bertz CT molecular complexity index is 873. The lowest BCUT2D eigenvalue weighted by molar-refractivity contribution is -0.121. The van der Waals surface area contributed by atoms with Crippen LogP contribution in [0.15, 0.2) is 58.5 Å². The fourth-order valence-corrected chi connectivity index (χ4v) is 3.36. The van der Waals surface area contributed by atoms with Gasteiger partial charge in [-0.25, -0.2) is 13.8 Å². The van der Waals surface area contributed by atoms with Crippen LogP contribution in [0.2, 0.25) is 0 Å². The van der Waals surface area contributed by atoms with Crippen LogP contribution in [0, 0.1) is 6.92 Å². The van der Waals surface area contributed by atoms with E-state index in [1.54, 1.807) is 12.1 Å². The summed E-state index contributed by atoms with van der Waals surface area (Å²) in [7, 11) is -2.35. The molecule has 0 spiro atoms. The van der Waals surface area contributed by atoms with E-state index in [2.05, 4.69) is 17.5 Å². The van der Waals surface area contributed by atoms with Crippen molar-refractivity contribution in [3.05, 3.63) is 65.2 Å². The molecule has 6 nitrogen and oxygen atoms in total. The third kappa shape index (κ3) is 5.24. The van der Waals surface area contributed by atoms with Gasteiger partial charge in [0, 0.05) is 7.05 Å². The van der Waals surface area contributed by atoms with Crippen LogP contribution in [0.4, 0.5) is 0 Å². The Morgan fingerprint density at radius 2 is 1.73 bits per heavy atom. The first-order chi connectivity index (χ1) is 12.3. The minimum atomic E-state index is -3.72. The molecule has 0 saturated heterocycles. The number of carbonyl (C=O) groups is 1. The number of nitrogens with one attached hydrogen (secondary N) is 1. The molecule has 0 bridgehead atoms. The molecule has 0 unspecified atom stereocenters. The number of carbonyl (C=O) groups excluding carboxylic acids is 1. The third-order valence-corrected chi connectivity index (χ3v) is 5.70. The number of amides is 1. The van der Waals surface area contributed by atoms with Crippen LogP contribution in [0.25, 0.3) is 0 Å². The van der Waals surface area contributed by atoms with Crippen molar-refractivity contribution in [3.8, 4) is 0 Å². The molecule has 0 radical (unpaired) electrons. The fourth-order valence-electron chi connectivity index (χ4n) is 2.23. The van der Waals surface area contributed by atoms with E-state index in [1.165, 1.54) is 31.0 Å². The van der Waals surface area contributed by atoms with E-state index in [1.807, 2.05) is 31.2 Å². The largest absolute Gasteiger partial charge is 0.272 e. The van der Waals surface area contributed by atoms with Crippen molar-refractivity contribution < 1.29 is 13.2 Å². The molecular weight excluding hydrogens is 350 g/mol. The minimum absolute atomic E-state index is 0.151. The standard InChI is InChI=1S/C19H23N3O3S/c1-4-16-7-9-17(10-8-16)13-20-21-19(23)14-22(3)26(24,25)18-11-5-15(2)6-12-18/h5-13H,4,14H2,1-3H3,(H,21,23)/b20-13-. The second-order valence-electron chi connectivity index (χ2n) is 5.96. The maximum atomic E-state index is 12.4. The summed E-state index contributed by atoms with van der Waals surface area (Å²) in [5.74, 6) is -0.510. The van der Waals surface area contributed by atoms with Crippen molar-refractivity contribution in [3.63, 3.8) is 0 Å². The molecule has 138 valence electrons. The predicted octanol–water partition coefficient (Wildman–Crippen LogP) is 2.33. The van der Waals surface area contributed by atoms with Gasteiger partial charge in [-0.15, -0.1) is 0 Å². The Balaban J connectivity index is 1.93. The molecule has 0 aliphatic rings. The molecule has 0 fully saturated rings. The molecule has 0 saturated carbocycles. The average molecular weight is 373 g/mol. The molecule has 26 heavy (non-hydrogen) atoms. The van der Waals surface area contributed by atoms with E-state index in [-0.39, 0.29) is 11.4 Å². The maximum Gasteiger partial charge on any atom is 0.255 e. The Morgan fingerprint density at radius 3 is 2.31 bits per heavy atom. The van der Waals surface area contributed by atoms with Gasteiger partial charge in [-0.2, -0.15) is 9.41 Å². The van der Waals surface area contributed by atoms with Crippen LogP contribution in [-0.4, -0.2) is 38.4 Å². The molecular formula is C19H23N3O3S. The second-order valence-corrected chi connectivity index (χ2v) is 8.01. The highest BCUT2D eigenvalue weighted by atomic mass is 32.2. The van der Waals surface area contributed by atoms with E-state index < -0.39 is 15.9 Å². The fraction of sp³-hybridized carbons (Fsp3) is 0.263. The summed E-state index contributed by atoms with van der Waals surface area (Å²) in [6, 6.07) is 14.3. The molecule has 2 aromatic rings. The second kappa shape index (κ2) is 8.73. The lowest BCUT2D eigenvalue weighted by atomic mass is 10.1. The van der Waals surface area contributed by atoms with Gasteiger partial charge in [0.2, 0.25) is 10.0 Å². The van der Waals surface area contributed by atoms with Crippen LogP contribution < -0.4 is 5.43 Å². The number of hydrazone groups is 1. The van der Waals surface area contributed by atoms with Gasteiger partial charge in [-0.05, 0) is 36.6 Å². The molecule has 0 aliphatic heterocycles. The number of aryl methyl sites for hydroxylation is 2. The normalized spacial score (nSPS) is 11.8. The lowest BCUT2D eigenvalue weighted by Crippen LogP contribution is -2.36. The van der Waals surface area contributed by atoms with Gasteiger partial charge in [0.05, 0.1) is 17.7 Å². The molecule has 2 aromatic carbocycles. The minimum Gasteiger partial charge on any atom is -0.272 e. The molecule has 0 atom stereocenters. The first-order valence-corrected chi connectivity index (χ1v) is 9.71. The monoisotopic (exact) mass is 373 g/mol. The Labute approximate surface area is 154 Å². The summed E-state index contributed by atoms with van der Waals surface area (Å²) in [6.45, 7) is 3.63. The average Bonchev–Trinajstić information content (AvgIpc) is 2.62. The highest BCUT2D eigenvalue weighted by Gasteiger charge is 2.22. The predicted molar refractivity (Wildman–Crippen MR) is 103 cm³/mol. The van der Waals surface area contributed by atoms with Crippen molar-refractivity contribution in [1.29, 1.82) is 0 Å². The molecule has 2 rings (SSSR count). The Morgan fingerprint density at radius 1 is 1.12 bits per heavy atom. The van der Waals surface area contributed by atoms with E-state index in [4.69, 9.17) is 0 Å². The summed E-state index contributed by atoms with van der Waals surface area (Å²) >= 11 is 0. The van der Waals surface area contributed by atoms with E-state index in [0.29, 0.717) is 0 Å². The van der Waals surface area contributed by atoms with E-state index in [0.717, 1.165) is 21.9 Å². The zero-order valence-corrected chi connectivity index (χ0v) is 16.0. The summed E-state index contributed by atoms with van der Waals surface area (Å²) in [6.07, 6.45) is 2.47. The quantitative estimate of drug-likeness (QED) is 0.598. The van der Waals surface area contributed by atoms with Crippen molar-refractivity contribution >= 4 is 22.1 Å². The van der Waals surface area contributed by atoms with E-state index in [9.17, 15) is 13.2 Å². The van der Waals surface area contributed by atoms with Crippen molar-refractivity contribution in [2.45, 2.75) is 25.2 Å². The Hall–Kier alpha value is -2.51. The summed E-state index contributed by atoms with van der Waals surface area (Å²) in [4.78, 5) is 12.1. The summed E-state index contributed by atoms with van der Waals surface area (Å²) in [5, 5.41) is 3.87.